The molecule has 0 unspecified atom stereocenters. The van der Waals surface area contributed by atoms with Crippen LogP contribution in [0.3, 0.4) is 0 Å². The fraction of sp³-hybridized carbons (Fsp3) is 0.700. The molecule has 0 radical (unpaired) electrons. The van der Waals surface area contributed by atoms with Crippen LogP contribution in [0, 0.1) is 0 Å². The molecule has 2 nitrogen and oxygen atoms in total. The maximum Gasteiger partial charge on any atom is 0.307 e. The summed E-state index contributed by atoms with van der Waals surface area (Å²) in [5.41, 5.74) is 1.21. The minimum absolute atomic E-state index is 0.238. The molecule has 0 N–H and O–H groups in total. The van der Waals surface area contributed by atoms with Gasteiger partial charge in [0, 0.05) is 6.92 Å². The van der Waals surface area contributed by atoms with Crippen molar-refractivity contribution in [3.05, 3.63) is 11.8 Å². The minimum atomic E-state index is -0.238. The Balaban J connectivity index is 3.78. The molecule has 0 saturated carbocycles. The van der Waals surface area contributed by atoms with E-state index in [2.05, 4.69) is 13.8 Å². The molecule has 70 valence electrons. The second-order valence-electron chi connectivity index (χ2n) is 2.84. The molecule has 0 bridgehead atoms. The van der Waals surface area contributed by atoms with Crippen molar-refractivity contribution in [3.8, 4) is 0 Å². The first-order chi connectivity index (χ1) is 5.70. The lowest BCUT2D eigenvalue weighted by atomic mass is 10.1. The molecule has 0 aromatic rings. The topological polar surface area (TPSA) is 26.3 Å². The average molecular weight is 170 g/mol. The van der Waals surface area contributed by atoms with Crippen LogP contribution in [-0.4, -0.2) is 5.97 Å². The molecule has 0 aliphatic heterocycles. The van der Waals surface area contributed by atoms with E-state index in [0.29, 0.717) is 0 Å². The van der Waals surface area contributed by atoms with Crippen molar-refractivity contribution in [3.63, 3.8) is 0 Å². The van der Waals surface area contributed by atoms with E-state index in [-0.39, 0.29) is 5.97 Å². The molecule has 0 fully saturated rings. The molecule has 0 aromatic heterocycles. The second kappa shape index (κ2) is 6.89. The fourth-order valence-electron chi connectivity index (χ4n) is 0.889. The van der Waals surface area contributed by atoms with Gasteiger partial charge in [-0.3, -0.25) is 4.79 Å². The molecular weight excluding hydrogens is 152 g/mol. The third-order valence-electron chi connectivity index (χ3n) is 1.70. The SMILES string of the molecule is CCCC/C(=C/OC(C)=O)CC. The summed E-state index contributed by atoms with van der Waals surface area (Å²) in [6, 6.07) is 0. The number of rotatable bonds is 5. The summed E-state index contributed by atoms with van der Waals surface area (Å²) in [5.74, 6) is -0.238. The van der Waals surface area contributed by atoms with E-state index in [4.69, 9.17) is 4.74 Å². The Morgan fingerprint density at radius 2 is 2.08 bits per heavy atom. The number of carbonyl (C=O) groups is 1. The third-order valence-corrected chi connectivity index (χ3v) is 1.70. The number of carbonyl (C=O) groups excluding carboxylic acids is 1. The lowest BCUT2D eigenvalue weighted by Crippen LogP contribution is -1.92. The van der Waals surface area contributed by atoms with Gasteiger partial charge < -0.3 is 4.74 Å². The molecule has 2 heteroatoms. The normalized spacial score (nSPS) is 11.4. The van der Waals surface area contributed by atoms with Crippen LogP contribution in [0.25, 0.3) is 0 Å². The van der Waals surface area contributed by atoms with E-state index in [1.807, 2.05) is 0 Å². The van der Waals surface area contributed by atoms with Gasteiger partial charge in [-0.25, -0.2) is 0 Å². The van der Waals surface area contributed by atoms with E-state index in [1.165, 1.54) is 25.3 Å². The summed E-state index contributed by atoms with van der Waals surface area (Å²) in [6.07, 6.45) is 5.95. The smallest absolute Gasteiger partial charge is 0.307 e. The Kier molecular flexibility index (Phi) is 6.44. The van der Waals surface area contributed by atoms with Gasteiger partial charge in [-0.15, -0.1) is 0 Å². The summed E-state index contributed by atoms with van der Waals surface area (Å²) in [5, 5.41) is 0. The van der Waals surface area contributed by atoms with Crippen LogP contribution < -0.4 is 0 Å². The van der Waals surface area contributed by atoms with Crippen LogP contribution in [0.1, 0.15) is 46.5 Å². The monoisotopic (exact) mass is 170 g/mol. The van der Waals surface area contributed by atoms with Crippen LogP contribution in [0.2, 0.25) is 0 Å². The Morgan fingerprint density at radius 3 is 2.50 bits per heavy atom. The predicted octanol–water partition coefficient (Wildman–Crippen LogP) is 3.03. The van der Waals surface area contributed by atoms with E-state index >= 15 is 0 Å². The van der Waals surface area contributed by atoms with Crippen LogP contribution in [0.4, 0.5) is 0 Å². The van der Waals surface area contributed by atoms with Crippen LogP contribution >= 0.6 is 0 Å². The van der Waals surface area contributed by atoms with Gasteiger partial charge in [0.1, 0.15) is 0 Å². The van der Waals surface area contributed by atoms with E-state index in [9.17, 15) is 4.79 Å². The van der Waals surface area contributed by atoms with E-state index in [0.717, 1.165) is 12.8 Å². The van der Waals surface area contributed by atoms with Crippen molar-refractivity contribution in [1.82, 2.24) is 0 Å². The third kappa shape index (κ3) is 5.96. The van der Waals surface area contributed by atoms with E-state index < -0.39 is 0 Å². The molecular formula is C10H18O2. The van der Waals surface area contributed by atoms with Crippen molar-refractivity contribution in [2.45, 2.75) is 46.5 Å². The lowest BCUT2D eigenvalue weighted by Gasteiger charge is -2.02. The quantitative estimate of drug-likeness (QED) is 0.468. The van der Waals surface area contributed by atoms with Gasteiger partial charge in [0.05, 0.1) is 6.26 Å². The largest absolute Gasteiger partial charge is 0.435 e. The zero-order valence-corrected chi connectivity index (χ0v) is 8.22. The molecule has 0 saturated heterocycles. The first-order valence-corrected chi connectivity index (χ1v) is 4.55. The Hall–Kier alpha value is -0.790. The number of esters is 1. The summed E-state index contributed by atoms with van der Waals surface area (Å²) in [7, 11) is 0. The first kappa shape index (κ1) is 11.2. The van der Waals surface area contributed by atoms with Crippen LogP contribution in [0.5, 0.6) is 0 Å². The zero-order valence-electron chi connectivity index (χ0n) is 8.22. The highest BCUT2D eigenvalue weighted by molar-refractivity contribution is 5.66. The van der Waals surface area contributed by atoms with Crippen molar-refractivity contribution in [2.75, 3.05) is 0 Å². The first-order valence-electron chi connectivity index (χ1n) is 4.55. The van der Waals surface area contributed by atoms with Gasteiger partial charge in [-0.2, -0.15) is 0 Å². The minimum Gasteiger partial charge on any atom is -0.435 e. The molecule has 0 spiro atoms. The molecule has 0 aliphatic rings. The van der Waals surface area contributed by atoms with Gasteiger partial charge in [-0.1, -0.05) is 20.3 Å². The van der Waals surface area contributed by atoms with Gasteiger partial charge in [0.25, 0.3) is 0 Å². The second-order valence-corrected chi connectivity index (χ2v) is 2.84. The summed E-state index contributed by atoms with van der Waals surface area (Å²) < 4.78 is 4.79. The van der Waals surface area contributed by atoms with Crippen LogP contribution in [-0.2, 0) is 9.53 Å². The van der Waals surface area contributed by atoms with Gasteiger partial charge in [0.15, 0.2) is 0 Å². The molecule has 0 aliphatic carbocycles. The summed E-state index contributed by atoms with van der Waals surface area (Å²) in [4.78, 5) is 10.5. The number of hydrogen-bond acceptors (Lipinski definition) is 2. The van der Waals surface area contributed by atoms with Gasteiger partial charge >= 0.3 is 5.97 Å². The number of ether oxygens (including phenoxy) is 1. The summed E-state index contributed by atoms with van der Waals surface area (Å²) >= 11 is 0. The fourth-order valence-corrected chi connectivity index (χ4v) is 0.889. The van der Waals surface area contributed by atoms with Crippen molar-refractivity contribution in [1.29, 1.82) is 0 Å². The Labute approximate surface area is 74.6 Å². The highest BCUT2D eigenvalue weighted by Crippen LogP contribution is 2.10. The molecule has 0 rings (SSSR count). The van der Waals surface area contributed by atoms with Gasteiger partial charge in [0.2, 0.25) is 0 Å². The summed E-state index contributed by atoms with van der Waals surface area (Å²) in [6.45, 7) is 5.65. The maximum absolute atomic E-state index is 10.5. The molecule has 0 aromatic carbocycles. The number of allylic oxidation sites excluding steroid dienone is 1. The molecule has 12 heavy (non-hydrogen) atoms. The Morgan fingerprint density at radius 1 is 1.42 bits per heavy atom. The Bertz CT molecular complexity index is 159. The number of unbranched alkanes of at least 4 members (excludes halogenated alkanes) is 1. The lowest BCUT2D eigenvalue weighted by molar-refractivity contribution is -0.135. The molecule has 0 heterocycles. The highest BCUT2D eigenvalue weighted by Gasteiger charge is 1.95. The van der Waals surface area contributed by atoms with E-state index in [1.54, 1.807) is 6.26 Å². The molecule has 0 amide bonds. The highest BCUT2D eigenvalue weighted by atomic mass is 16.5. The van der Waals surface area contributed by atoms with Crippen LogP contribution in [0.15, 0.2) is 11.8 Å². The zero-order chi connectivity index (χ0) is 9.40. The van der Waals surface area contributed by atoms with Crippen molar-refractivity contribution < 1.29 is 9.53 Å². The van der Waals surface area contributed by atoms with Gasteiger partial charge in [-0.05, 0) is 24.8 Å². The molecule has 0 atom stereocenters. The van der Waals surface area contributed by atoms with Crippen molar-refractivity contribution >= 4 is 5.97 Å². The predicted molar refractivity (Wildman–Crippen MR) is 49.7 cm³/mol. The van der Waals surface area contributed by atoms with Crippen molar-refractivity contribution in [2.24, 2.45) is 0 Å². The standard InChI is InChI=1S/C10H18O2/c1-4-6-7-10(5-2)8-12-9(3)11/h8H,4-7H2,1-3H3/b10-8+. The average Bonchev–Trinajstić information content (AvgIpc) is 2.05. The maximum atomic E-state index is 10.5. The number of hydrogen-bond donors (Lipinski definition) is 0.